The SMILES string of the molecule is CC(C)(c1c[nH]c2ccccc12)C1CC(C(=O)O)NN1. The third kappa shape index (κ3) is 1.99. The first-order chi connectivity index (χ1) is 9.50. The summed E-state index contributed by atoms with van der Waals surface area (Å²) in [5, 5.41) is 10.3. The van der Waals surface area contributed by atoms with Crippen molar-refractivity contribution < 1.29 is 9.90 Å². The zero-order chi connectivity index (χ0) is 14.3. The highest BCUT2D eigenvalue weighted by atomic mass is 16.4. The van der Waals surface area contributed by atoms with Crippen LogP contribution in [0.4, 0.5) is 0 Å². The first kappa shape index (κ1) is 13.1. The van der Waals surface area contributed by atoms with Gasteiger partial charge in [-0.1, -0.05) is 32.0 Å². The molecule has 20 heavy (non-hydrogen) atoms. The maximum absolute atomic E-state index is 11.1. The molecular formula is C15H19N3O2. The molecule has 0 bridgehead atoms. The Morgan fingerprint density at radius 2 is 2.05 bits per heavy atom. The number of carboxylic acids is 1. The van der Waals surface area contributed by atoms with Gasteiger partial charge in [0.25, 0.3) is 0 Å². The van der Waals surface area contributed by atoms with Gasteiger partial charge < -0.3 is 10.1 Å². The topological polar surface area (TPSA) is 77.2 Å². The summed E-state index contributed by atoms with van der Waals surface area (Å²) < 4.78 is 0. The molecule has 2 atom stereocenters. The van der Waals surface area contributed by atoms with Crippen molar-refractivity contribution in [3.63, 3.8) is 0 Å². The lowest BCUT2D eigenvalue weighted by molar-refractivity contribution is -0.139. The monoisotopic (exact) mass is 273 g/mol. The van der Waals surface area contributed by atoms with Crippen LogP contribution in [-0.4, -0.2) is 28.1 Å². The van der Waals surface area contributed by atoms with E-state index in [9.17, 15) is 4.79 Å². The molecule has 106 valence electrons. The molecule has 1 aromatic carbocycles. The summed E-state index contributed by atoms with van der Waals surface area (Å²) in [6, 6.07) is 7.73. The van der Waals surface area contributed by atoms with Crippen LogP contribution >= 0.6 is 0 Å². The van der Waals surface area contributed by atoms with Gasteiger partial charge in [-0.3, -0.25) is 10.2 Å². The first-order valence-electron chi connectivity index (χ1n) is 6.80. The van der Waals surface area contributed by atoms with Crippen molar-refractivity contribution in [3.8, 4) is 0 Å². The van der Waals surface area contributed by atoms with E-state index in [0.29, 0.717) is 6.42 Å². The summed E-state index contributed by atoms with van der Waals surface area (Å²) in [7, 11) is 0. The normalized spacial score (nSPS) is 23.3. The van der Waals surface area contributed by atoms with Crippen LogP contribution in [0, 0.1) is 0 Å². The van der Waals surface area contributed by atoms with Crippen molar-refractivity contribution in [1.82, 2.24) is 15.8 Å². The molecule has 1 aromatic heterocycles. The minimum atomic E-state index is -0.810. The van der Waals surface area contributed by atoms with Crippen molar-refractivity contribution >= 4 is 16.9 Å². The number of hydrogen-bond donors (Lipinski definition) is 4. The van der Waals surface area contributed by atoms with Crippen molar-refractivity contribution in [2.45, 2.75) is 37.8 Å². The summed E-state index contributed by atoms with van der Waals surface area (Å²) in [5.74, 6) is -0.810. The Balaban J connectivity index is 1.94. The van der Waals surface area contributed by atoms with Gasteiger partial charge in [-0.05, 0) is 18.1 Å². The molecule has 2 unspecified atom stereocenters. The molecule has 0 spiro atoms. The van der Waals surface area contributed by atoms with E-state index in [0.717, 1.165) is 5.52 Å². The number of hydrazine groups is 1. The zero-order valence-electron chi connectivity index (χ0n) is 11.6. The number of hydrogen-bond acceptors (Lipinski definition) is 3. The molecule has 5 heteroatoms. The number of aromatic nitrogens is 1. The maximum Gasteiger partial charge on any atom is 0.322 e. The Labute approximate surface area is 117 Å². The van der Waals surface area contributed by atoms with Gasteiger partial charge in [-0.25, -0.2) is 5.43 Å². The molecule has 4 N–H and O–H groups in total. The minimum absolute atomic E-state index is 0.0720. The fraction of sp³-hybridized carbons (Fsp3) is 0.400. The summed E-state index contributed by atoms with van der Waals surface area (Å²) in [6.45, 7) is 4.29. The molecule has 1 aliphatic heterocycles. The number of H-pyrrole nitrogens is 1. The average molecular weight is 273 g/mol. The maximum atomic E-state index is 11.1. The Bertz CT molecular complexity index is 647. The summed E-state index contributed by atoms with van der Waals surface area (Å²) >= 11 is 0. The Hall–Kier alpha value is -1.85. The lowest BCUT2D eigenvalue weighted by atomic mass is 9.76. The number of carboxylic acid groups (broad SMARTS) is 1. The van der Waals surface area contributed by atoms with E-state index >= 15 is 0 Å². The Kier molecular flexibility index (Phi) is 3.03. The predicted molar refractivity (Wildman–Crippen MR) is 77.4 cm³/mol. The molecule has 5 nitrogen and oxygen atoms in total. The van der Waals surface area contributed by atoms with E-state index in [1.54, 1.807) is 0 Å². The fourth-order valence-corrected chi connectivity index (χ4v) is 2.98. The Morgan fingerprint density at radius 3 is 2.75 bits per heavy atom. The number of benzene rings is 1. The number of fused-ring (bicyclic) bond motifs is 1. The van der Waals surface area contributed by atoms with E-state index in [-0.39, 0.29) is 11.5 Å². The van der Waals surface area contributed by atoms with Gasteiger partial charge in [0.2, 0.25) is 0 Å². The quantitative estimate of drug-likeness (QED) is 0.687. The molecule has 1 aliphatic rings. The van der Waals surface area contributed by atoms with Gasteiger partial charge in [-0.2, -0.15) is 0 Å². The highest BCUT2D eigenvalue weighted by molar-refractivity contribution is 5.84. The van der Waals surface area contributed by atoms with Crippen LogP contribution in [0.15, 0.2) is 30.5 Å². The molecule has 1 saturated heterocycles. The summed E-state index contributed by atoms with van der Waals surface area (Å²) in [5.41, 5.74) is 8.14. The smallest absolute Gasteiger partial charge is 0.322 e. The lowest BCUT2D eigenvalue weighted by Crippen LogP contribution is -2.44. The van der Waals surface area contributed by atoms with Crippen molar-refractivity contribution in [2.75, 3.05) is 0 Å². The second-order valence-corrected chi connectivity index (χ2v) is 5.94. The largest absolute Gasteiger partial charge is 0.480 e. The standard InChI is InChI=1S/C15H19N3O2/c1-15(2,13-7-12(14(19)20)17-18-13)10-8-16-11-6-4-3-5-9(10)11/h3-6,8,12-13,16-18H,7H2,1-2H3,(H,19,20). The molecule has 0 amide bonds. The third-order valence-electron chi connectivity index (χ3n) is 4.36. The second kappa shape index (κ2) is 4.61. The van der Waals surface area contributed by atoms with Crippen LogP contribution in [-0.2, 0) is 10.2 Å². The summed E-state index contributed by atoms with van der Waals surface area (Å²) in [6.07, 6.45) is 2.60. The zero-order valence-corrected chi connectivity index (χ0v) is 11.6. The van der Waals surface area contributed by atoms with Crippen molar-refractivity contribution in [2.24, 2.45) is 0 Å². The number of para-hydroxylation sites is 1. The lowest BCUT2D eigenvalue weighted by Gasteiger charge is -2.31. The van der Waals surface area contributed by atoms with Crippen LogP contribution in [0.5, 0.6) is 0 Å². The van der Waals surface area contributed by atoms with Gasteiger partial charge in [0, 0.05) is 28.6 Å². The molecular weight excluding hydrogens is 254 g/mol. The van der Waals surface area contributed by atoms with E-state index in [1.165, 1.54) is 10.9 Å². The molecule has 0 saturated carbocycles. The van der Waals surface area contributed by atoms with E-state index in [1.807, 2.05) is 18.3 Å². The van der Waals surface area contributed by atoms with E-state index in [4.69, 9.17) is 5.11 Å². The molecule has 0 aliphatic carbocycles. The molecule has 0 radical (unpaired) electrons. The number of aliphatic carboxylic acids is 1. The highest BCUT2D eigenvalue weighted by Crippen LogP contribution is 2.35. The first-order valence-corrected chi connectivity index (χ1v) is 6.80. The molecule has 2 aromatic rings. The number of carbonyl (C=O) groups is 1. The van der Waals surface area contributed by atoms with Gasteiger partial charge in [0.05, 0.1) is 0 Å². The average Bonchev–Trinajstić information content (AvgIpc) is 3.06. The number of nitrogens with one attached hydrogen (secondary N) is 3. The second-order valence-electron chi connectivity index (χ2n) is 5.94. The van der Waals surface area contributed by atoms with Crippen LogP contribution in [0.2, 0.25) is 0 Å². The number of rotatable bonds is 3. The van der Waals surface area contributed by atoms with Gasteiger partial charge in [0.1, 0.15) is 6.04 Å². The summed E-state index contributed by atoms with van der Waals surface area (Å²) in [4.78, 5) is 14.4. The molecule has 1 fully saturated rings. The highest BCUT2D eigenvalue weighted by Gasteiger charge is 2.40. The molecule has 2 heterocycles. The Morgan fingerprint density at radius 1 is 1.30 bits per heavy atom. The van der Waals surface area contributed by atoms with Gasteiger partial charge >= 0.3 is 5.97 Å². The molecule has 3 rings (SSSR count). The van der Waals surface area contributed by atoms with Crippen LogP contribution < -0.4 is 10.9 Å². The fourth-order valence-electron chi connectivity index (χ4n) is 2.98. The number of aromatic amines is 1. The predicted octanol–water partition coefficient (Wildman–Crippen LogP) is 1.77. The van der Waals surface area contributed by atoms with Crippen LogP contribution in [0.1, 0.15) is 25.8 Å². The van der Waals surface area contributed by atoms with E-state index < -0.39 is 12.0 Å². The van der Waals surface area contributed by atoms with Crippen molar-refractivity contribution in [1.29, 1.82) is 0 Å². The van der Waals surface area contributed by atoms with Gasteiger partial charge in [-0.15, -0.1) is 0 Å². The van der Waals surface area contributed by atoms with Crippen molar-refractivity contribution in [3.05, 3.63) is 36.0 Å². The third-order valence-corrected chi connectivity index (χ3v) is 4.36. The van der Waals surface area contributed by atoms with Crippen LogP contribution in [0.3, 0.4) is 0 Å². The van der Waals surface area contributed by atoms with Crippen LogP contribution in [0.25, 0.3) is 10.9 Å². The minimum Gasteiger partial charge on any atom is -0.480 e. The van der Waals surface area contributed by atoms with Gasteiger partial charge in [0.15, 0.2) is 0 Å². The van der Waals surface area contributed by atoms with E-state index in [2.05, 4.69) is 41.8 Å².